The summed E-state index contributed by atoms with van der Waals surface area (Å²) in [5, 5.41) is 0. The average molecular weight is 281 g/mol. The lowest BCUT2D eigenvalue weighted by atomic mass is 9.99. The quantitative estimate of drug-likeness (QED) is 0.796. The first-order chi connectivity index (χ1) is 8.91. The lowest BCUT2D eigenvalue weighted by Gasteiger charge is -2.26. The Hall–Kier alpha value is -0.910. The van der Waals surface area contributed by atoms with E-state index in [1.165, 1.54) is 0 Å². The molecule has 3 atom stereocenters. The molecule has 2 aliphatic heterocycles. The van der Waals surface area contributed by atoms with E-state index in [0.29, 0.717) is 11.4 Å². The third-order valence-corrected chi connectivity index (χ3v) is 6.47. The van der Waals surface area contributed by atoms with Crippen molar-refractivity contribution in [2.45, 2.75) is 49.8 Å². The van der Waals surface area contributed by atoms with Gasteiger partial charge in [-0.05, 0) is 32.4 Å². The van der Waals surface area contributed by atoms with E-state index in [1.807, 2.05) is 26.0 Å². The summed E-state index contributed by atoms with van der Waals surface area (Å²) >= 11 is 0. The van der Waals surface area contributed by atoms with Crippen LogP contribution in [0, 0.1) is 6.92 Å². The third-order valence-electron chi connectivity index (χ3n) is 4.51. The third kappa shape index (κ3) is 1.75. The minimum atomic E-state index is -3.40. The van der Waals surface area contributed by atoms with Gasteiger partial charge >= 0.3 is 0 Å². The smallest absolute Gasteiger partial charge is 0.243 e. The van der Waals surface area contributed by atoms with Crippen LogP contribution in [-0.4, -0.2) is 37.0 Å². The van der Waals surface area contributed by atoms with Gasteiger partial charge in [-0.25, -0.2) is 8.42 Å². The molecule has 0 radical (unpaired) electrons. The Labute approximate surface area is 114 Å². The second-order valence-electron chi connectivity index (χ2n) is 5.48. The maximum atomic E-state index is 12.7. The standard InChI is InChI=1S/C14H19NO3S/c1-4-14-11(3)15(9-13(14)18-14)19(16,17)12-7-5-10(2)6-8-12/h5-8,11,13H,4,9H2,1-3H3/t11-,13-,14+/m1/s1. The maximum absolute atomic E-state index is 12.7. The average Bonchev–Trinajstić information content (AvgIpc) is 3.03. The van der Waals surface area contributed by atoms with Crippen LogP contribution in [0.15, 0.2) is 29.2 Å². The second-order valence-corrected chi connectivity index (χ2v) is 7.37. The molecule has 3 rings (SSSR count). The first kappa shape index (κ1) is 13.1. The number of nitrogens with zero attached hydrogens (tertiary/aromatic N) is 1. The molecule has 2 fully saturated rings. The van der Waals surface area contributed by atoms with Crippen LogP contribution in [0.5, 0.6) is 0 Å². The first-order valence-corrected chi connectivity index (χ1v) is 8.12. The summed E-state index contributed by atoms with van der Waals surface area (Å²) in [6.45, 7) is 6.43. The molecular formula is C14H19NO3S. The SMILES string of the molecule is CC[C@@]12O[C@@H]1CN(S(=O)(=O)c1ccc(C)cc1)[C@@H]2C. The Morgan fingerprint density at radius 1 is 1.37 bits per heavy atom. The van der Waals surface area contributed by atoms with E-state index in [4.69, 9.17) is 4.74 Å². The van der Waals surface area contributed by atoms with E-state index in [-0.39, 0.29) is 17.7 Å². The molecule has 0 bridgehead atoms. The molecule has 5 heteroatoms. The molecule has 0 unspecified atom stereocenters. The van der Waals surface area contributed by atoms with Crippen molar-refractivity contribution >= 4 is 10.0 Å². The van der Waals surface area contributed by atoms with E-state index in [0.717, 1.165) is 12.0 Å². The molecule has 2 heterocycles. The molecule has 0 N–H and O–H groups in total. The molecule has 2 saturated heterocycles. The number of sulfonamides is 1. The van der Waals surface area contributed by atoms with Gasteiger partial charge < -0.3 is 4.74 Å². The predicted molar refractivity (Wildman–Crippen MR) is 72.4 cm³/mol. The molecule has 2 aliphatic rings. The molecule has 0 amide bonds. The van der Waals surface area contributed by atoms with Crippen LogP contribution in [0.3, 0.4) is 0 Å². The maximum Gasteiger partial charge on any atom is 0.243 e. The largest absolute Gasteiger partial charge is 0.363 e. The van der Waals surface area contributed by atoms with E-state index in [2.05, 4.69) is 6.92 Å². The lowest BCUT2D eigenvalue weighted by molar-refractivity contribution is 0.161. The van der Waals surface area contributed by atoms with Crippen molar-refractivity contribution in [2.24, 2.45) is 0 Å². The Bertz CT molecular complexity index is 592. The van der Waals surface area contributed by atoms with E-state index < -0.39 is 10.0 Å². The molecule has 0 aliphatic carbocycles. The van der Waals surface area contributed by atoms with Gasteiger partial charge in [0.2, 0.25) is 10.0 Å². The van der Waals surface area contributed by atoms with Crippen molar-refractivity contribution in [3.8, 4) is 0 Å². The topological polar surface area (TPSA) is 49.9 Å². The number of ether oxygens (including phenoxy) is 1. The molecular weight excluding hydrogens is 262 g/mol. The van der Waals surface area contributed by atoms with Gasteiger partial charge in [0, 0.05) is 6.54 Å². The number of epoxide rings is 1. The second kappa shape index (κ2) is 4.04. The Morgan fingerprint density at radius 3 is 2.53 bits per heavy atom. The van der Waals surface area contributed by atoms with Crippen LogP contribution in [-0.2, 0) is 14.8 Å². The van der Waals surface area contributed by atoms with Crippen LogP contribution in [0.1, 0.15) is 25.8 Å². The van der Waals surface area contributed by atoms with Crippen molar-refractivity contribution in [2.75, 3.05) is 6.54 Å². The number of aryl methyl sites for hydroxylation is 1. The number of benzene rings is 1. The highest BCUT2D eigenvalue weighted by atomic mass is 32.2. The van der Waals surface area contributed by atoms with Gasteiger partial charge in [0.25, 0.3) is 0 Å². The summed E-state index contributed by atoms with van der Waals surface area (Å²) in [6.07, 6.45) is 0.936. The van der Waals surface area contributed by atoms with Crippen LogP contribution in [0.4, 0.5) is 0 Å². The van der Waals surface area contributed by atoms with Gasteiger partial charge in [0.1, 0.15) is 11.7 Å². The van der Waals surface area contributed by atoms with Gasteiger partial charge in [-0.15, -0.1) is 0 Å². The van der Waals surface area contributed by atoms with E-state index in [9.17, 15) is 8.42 Å². The zero-order chi connectivity index (χ0) is 13.8. The summed E-state index contributed by atoms with van der Waals surface area (Å²) in [7, 11) is -3.40. The van der Waals surface area contributed by atoms with Gasteiger partial charge in [-0.2, -0.15) is 4.31 Å². The van der Waals surface area contributed by atoms with Crippen LogP contribution in [0.2, 0.25) is 0 Å². The minimum Gasteiger partial charge on any atom is -0.363 e. The van der Waals surface area contributed by atoms with Gasteiger partial charge in [-0.3, -0.25) is 0 Å². The Morgan fingerprint density at radius 2 is 2.00 bits per heavy atom. The summed E-state index contributed by atoms with van der Waals surface area (Å²) in [5.74, 6) is 0. The number of morpholine rings is 1. The minimum absolute atomic E-state index is 0.0766. The zero-order valence-electron chi connectivity index (χ0n) is 11.5. The highest BCUT2D eigenvalue weighted by Gasteiger charge is 2.67. The first-order valence-electron chi connectivity index (χ1n) is 6.68. The van der Waals surface area contributed by atoms with Crippen molar-refractivity contribution in [3.05, 3.63) is 29.8 Å². The summed E-state index contributed by atoms with van der Waals surface area (Å²) in [4.78, 5) is 0.373. The van der Waals surface area contributed by atoms with Gasteiger partial charge in [0.15, 0.2) is 0 Å². The lowest BCUT2D eigenvalue weighted by Crippen LogP contribution is -2.41. The molecule has 1 aromatic rings. The predicted octanol–water partition coefficient (Wildman–Crippen LogP) is 1.94. The van der Waals surface area contributed by atoms with Gasteiger partial charge in [0.05, 0.1) is 10.9 Å². The van der Waals surface area contributed by atoms with Crippen molar-refractivity contribution in [3.63, 3.8) is 0 Å². The van der Waals surface area contributed by atoms with Gasteiger partial charge in [-0.1, -0.05) is 24.6 Å². The molecule has 0 aromatic heterocycles. The zero-order valence-corrected chi connectivity index (χ0v) is 12.3. The van der Waals surface area contributed by atoms with Crippen molar-refractivity contribution < 1.29 is 13.2 Å². The Balaban J connectivity index is 1.92. The van der Waals surface area contributed by atoms with Crippen LogP contribution < -0.4 is 0 Å². The number of rotatable bonds is 3. The fourth-order valence-electron chi connectivity index (χ4n) is 3.11. The van der Waals surface area contributed by atoms with E-state index in [1.54, 1.807) is 16.4 Å². The molecule has 4 nitrogen and oxygen atoms in total. The fourth-order valence-corrected chi connectivity index (χ4v) is 4.79. The highest BCUT2D eigenvalue weighted by Crippen LogP contribution is 2.51. The molecule has 0 saturated carbocycles. The fraction of sp³-hybridized carbons (Fsp3) is 0.571. The monoisotopic (exact) mass is 281 g/mol. The van der Waals surface area contributed by atoms with Crippen molar-refractivity contribution in [1.29, 1.82) is 0 Å². The van der Waals surface area contributed by atoms with Crippen molar-refractivity contribution in [1.82, 2.24) is 4.31 Å². The number of hydrogen-bond donors (Lipinski definition) is 0. The number of fused-ring (bicyclic) bond motifs is 1. The number of hydrogen-bond acceptors (Lipinski definition) is 3. The molecule has 1 aromatic carbocycles. The molecule has 19 heavy (non-hydrogen) atoms. The van der Waals surface area contributed by atoms with E-state index >= 15 is 0 Å². The summed E-state index contributed by atoms with van der Waals surface area (Å²) < 4.78 is 32.6. The van der Waals surface area contributed by atoms with Crippen LogP contribution in [0.25, 0.3) is 0 Å². The van der Waals surface area contributed by atoms with Crippen LogP contribution >= 0.6 is 0 Å². The highest BCUT2D eigenvalue weighted by molar-refractivity contribution is 7.89. The molecule has 104 valence electrons. The molecule has 0 spiro atoms. The summed E-state index contributed by atoms with van der Waals surface area (Å²) in [6, 6.07) is 6.94. The normalized spacial score (nSPS) is 34.3. The Kier molecular flexibility index (Phi) is 2.78. The summed E-state index contributed by atoms with van der Waals surface area (Å²) in [5.41, 5.74) is 0.822.